The maximum Gasteiger partial charge on any atom is 0.306 e. The van der Waals surface area contributed by atoms with Crippen molar-refractivity contribution in [1.82, 2.24) is 0 Å². The van der Waals surface area contributed by atoms with Gasteiger partial charge in [-0.05, 0) is 48.1 Å². The molecule has 4 heteroatoms. The van der Waals surface area contributed by atoms with E-state index in [1.807, 2.05) is 54.6 Å². The third-order valence-electron chi connectivity index (χ3n) is 5.02. The van der Waals surface area contributed by atoms with E-state index in [9.17, 15) is 14.7 Å². The predicted octanol–water partition coefficient (Wildman–Crippen LogP) is 6.30. The Kier molecular flexibility index (Phi) is 7.20. The molecule has 3 aromatic rings. The van der Waals surface area contributed by atoms with Gasteiger partial charge in [0.1, 0.15) is 0 Å². The monoisotopic (exact) mass is 406 g/mol. The van der Waals surface area contributed by atoms with Gasteiger partial charge in [0.15, 0.2) is 5.78 Å². The van der Waals surface area contributed by atoms with E-state index in [-0.39, 0.29) is 12.2 Å². The Morgan fingerprint density at radius 1 is 0.862 bits per heavy atom. The van der Waals surface area contributed by atoms with E-state index in [4.69, 9.17) is 11.6 Å². The zero-order valence-corrected chi connectivity index (χ0v) is 16.8. The van der Waals surface area contributed by atoms with Gasteiger partial charge in [0.2, 0.25) is 0 Å². The minimum absolute atomic E-state index is 0.00523. The van der Waals surface area contributed by atoms with Gasteiger partial charge in [-0.1, -0.05) is 78.3 Å². The average molecular weight is 407 g/mol. The topological polar surface area (TPSA) is 54.4 Å². The Morgan fingerprint density at radius 2 is 1.52 bits per heavy atom. The second kappa shape index (κ2) is 10.0. The number of aliphatic carboxylic acids is 1. The molecule has 1 N–H and O–H groups in total. The van der Waals surface area contributed by atoms with Crippen molar-refractivity contribution in [2.24, 2.45) is 5.92 Å². The number of carbonyl (C=O) groups is 2. The summed E-state index contributed by atoms with van der Waals surface area (Å²) in [5.74, 6) is -1.76. The van der Waals surface area contributed by atoms with E-state index >= 15 is 0 Å². The summed E-state index contributed by atoms with van der Waals surface area (Å²) in [6.07, 6.45) is 2.00. The normalized spacial score (nSPS) is 11.8. The van der Waals surface area contributed by atoms with E-state index in [1.165, 1.54) is 5.56 Å². The van der Waals surface area contributed by atoms with Gasteiger partial charge in [0.05, 0.1) is 5.92 Å². The molecule has 3 nitrogen and oxygen atoms in total. The number of rotatable bonds is 9. The summed E-state index contributed by atoms with van der Waals surface area (Å²) in [6, 6.07) is 24.6. The van der Waals surface area contributed by atoms with Crippen molar-refractivity contribution < 1.29 is 14.7 Å². The van der Waals surface area contributed by atoms with Gasteiger partial charge < -0.3 is 5.11 Å². The number of halogens is 1. The molecule has 0 heterocycles. The van der Waals surface area contributed by atoms with Crippen LogP contribution >= 0.6 is 11.6 Å². The number of carboxylic acid groups (broad SMARTS) is 1. The van der Waals surface area contributed by atoms with Crippen LogP contribution in [0.15, 0.2) is 78.9 Å². The smallest absolute Gasteiger partial charge is 0.306 e. The highest BCUT2D eigenvalue weighted by molar-refractivity contribution is 6.30. The van der Waals surface area contributed by atoms with E-state index in [1.54, 1.807) is 24.3 Å². The molecule has 0 amide bonds. The van der Waals surface area contributed by atoms with Crippen LogP contribution < -0.4 is 0 Å². The lowest BCUT2D eigenvalue weighted by molar-refractivity contribution is -0.141. The summed E-state index contributed by atoms with van der Waals surface area (Å²) in [6.45, 7) is 0. The number of ketones is 1. The fourth-order valence-corrected chi connectivity index (χ4v) is 3.58. The van der Waals surface area contributed by atoms with Crippen molar-refractivity contribution in [3.63, 3.8) is 0 Å². The molecular weight excluding hydrogens is 384 g/mol. The average Bonchev–Trinajstić information content (AvgIpc) is 2.74. The molecule has 0 saturated heterocycles. The zero-order valence-electron chi connectivity index (χ0n) is 16.1. The highest BCUT2D eigenvalue weighted by atomic mass is 35.5. The molecule has 1 unspecified atom stereocenters. The summed E-state index contributed by atoms with van der Waals surface area (Å²) in [7, 11) is 0. The summed E-state index contributed by atoms with van der Waals surface area (Å²) < 4.78 is 0. The Hall–Kier alpha value is -2.91. The molecule has 3 rings (SSSR count). The molecule has 148 valence electrons. The first-order valence-electron chi connectivity index (χ1n) is 9.69. The zero-order chi connectivity index (χ0) is 20.6. The minimum atomic E-state index is -0.921. The Morgan fingerprint density at radius 3 is 2.21 bits per heavy atom. The Bertz CT molecular complexity index is 965. The molecule has 1 atom stereocenters. The number of hydrogen-bond acceptors (Lipinski definition) is 2. The molecular formula is C25H23ClO3. The van der Waals surface area contributed by atoms with E-state index in [2.05, 4.69) is 0 Å². The van der Waals surface area contributed by atoms with E-state index < -0.39 is 11.9 Å². The van der Waals surface area contributed by atoms with Gasteiger partial charge in [-0.25, -0.2) is 0 Å². The van der Waals surface area contributed by atoms with E-state index in [0.717, 1.165) is 24.0 Å². The molecule has 0 radical (unpaired) electrons. The maximum atomic E-state index is 13.0. The lowest BCUT2D eigenvalue weighted by atomic mass is 9.89. The second-order valence-corrected chi connectivity index (χ2v) is 7.53. The van der Waals surface area contributed by atoms with E-state index in [0.29, 0.717) is 17.0 Å². The summed E-state index contributed by atoms with van der Waals surface area (Å²) in [5, 5.41) is 10.2. The standard InChI is InChI=1S/C25H23ClO3/c26-21-15-13-19(14-16-21)22-11-4-5-12-23(22)24(27)17-20(25(28)29)10-6-9-18-7-2-1-3-8-18/h1-5,7-8,11-16,20H,6,9-10,17H2,(H,28,29). The minimum Gasteiger partial charge on any atom is -0.481 e. The van der Waals surface area contributed by atoms with Crippen molar-refractivity contribution in [2.75, 3.05) is 0 Å². The lowest BCUT2D eigenvalue weighted by Gasteiger charge is -2.14. The predicted molar refractivity (Wildman–Crippen MR) is 116 cm³/mol. The van der Waals surface area contributed by atoms with Crippen LogP contribution in [0, 0.1) is 5.92 Å². The molecule has 0 spiro atoms. The molecule has 3 aromatic carbocycles. The number of aryl methyl sites for hydroxylation is 1. The first kappa shape index (κ1) is 20.8. The van der Waals surface area contributed by atoms with Gasteiger partial charge in [-0.3, -0.25) is 9.59 Å². The van der Waals surface area contributed by atoms with Crippen molar-refractivity contribution in [1.29, 1.82) is 0 Å². The number of carboxylic acids is 1. The molecule has 0 aromatic heterocycles. The van der Waals surface area contributed by atoms with Gasteiger partial charge in [0.25, 0.3) is 0 Å². The third kappa shape index (κ3) is 5.78. The third-order valence-corrected chi connectivity index (χ3v) is 5.28. The van der Waals surface area contributed by atoms with Gasteiger partial charge in [-0.2, -0.15) is 0 Å². The van der Waals surface area contributed by atoms with Gasteiger partial charge >= 0.3 is 5.97 Å². The summed E-state index contributed by atoms with van der Waals surface area (Å²) in [5.41, 5.74) is 3.40. The van der Waals surface area contributed by atoms with Crippen molar-refractivity contribution in [2.45, 2.75) is 25.7 Å². The molecule has 0 fully saturated rings. The largest absolute Gasteiger partial charge is 0.481 e. The lowest BCUT2D eigenvalue weighted by Crippen LogP contribution is -2.19. The first-order valence-corrected chi connectivity index (χ1v) is 10.1. The molecule has 0 bridgehead atoms. The van der Waals surface area contributed by atoms with Crippen LogP contribution in [0.3, 0.4) is 0 Å². The first-order chi connectivity index (χ1) is 14.0. The highest BCUT2D eigenvalue weighted by Crippen LogP contribution is 2.27. The van der Waals surface area contributed by atoms with Crippen molar-refractivity contribution in [3.05, 3.63) is 95.0 Å². The van der Waals surface area contributed by atoms with Gasteiger partial charge in [0, 0.05) is 17.0 Å². The highest BCUT2D eigenvalue weighted by Gasteiger charge is 2.23. The van der Waals surface area contributed by atoms with Crippen LogP contribution in [-0.4, -0.2) is 16.9 Å². The summed E-state index contributed by atoms with van der Waals surface area (Å²) >= 11 is 5.97. The maximum absolute atomic E-state index is 13.0. The van der Waals surface area contributed by atoms with Gasteiger partial charge in [-0.15, -0.1) is 0 Å². The second-order valence-electron chi connectivity index (χ2n) is 7.09. The van der Waals surface area contributed by atoms with Crippen LogP contribution in [0.5, 0.6) is 0 Å². The fourth-order valence-electron chi connectivity index (χ4n) is 3.45. The van der Waals surface area contributed by atoms with Crippen LogP contribution in [0.4, 0.5) is 0 Å². The number of benzene rings is 3. The Balaban J connectivity index is 1.70. The number of carbonyl (C=O) groups excluding carboxylic acids is 1. The molecule has 0 saturated carbocycles. The number of hydrogen-bond donors (Lipinski definition) is 1. The summed E-state index contributed by atoms with van der Waals surface area (Å²) in [4.78, 5) is 24.7. The molecule has 0 aliphatic rings. The van der Waals surface area contributed by atoms with Crippen LogP contribution in [0.2, 0.25) is 5.02 Å². The van der Waals surface area contributed by atoms with Crippen LogP contribution in [0.25, 0.3) is 11.1 Å². The van der Waals surface area contributed by atoms with Crippen LogP contribution in [-0.2, 0) is 11.2 Å². The van der Waals surface area contributed by atoms with Crippen LogP contribution in [0.1, 0.15) is 35.2 Å². The van der Waals surface area contributed by atoms with Crippen molar-refractivity contribution >= 4 is 23.4 Å². The quantitative estimate of drug-likeness (QED) is 0.424. The SMILES string of the molecule is O=C(CC(CCCc1ccccc1)C(=O)O)c1ccccc1-c1ccc(Cl)cc1. The number of Topliss-reactive ketones (excluding diaryl/α,β-unsaturated/α-hetero) is 1. The molecule has 0 aliphatic heterocycles. The Labute approximate surface area is 176 Å². The molecule has 29 heavy (non-hydrogen) atoms. The molecule has 0 aliphatic carbocycles. The fraction of sp³-hybridized carbons (Fsp3) is 0.200. The van der Waals surface area contributed by atoms with Crippen molar-refractivity contribution in [3.8, 4) is 11.1 Å².